The Bertz CT molecular complexity index is 1100. The van der Waals surface area contributed by atoms with Gasteiger partial charge in [-0.05, 0) is 36.4 Å². The number of hydrogen-bond acceptors (Lipinski definition) is 7. The Morgan fingerprint density at radius 2 is 1.46 bits per heavy atom. The molecule has 0 saturated carbocycles. The van der Waals surface area contributed by atoms with Crippen LogP contribution in [0.15, 0.2) is 70.9 Å². The maximum Gasteiger partial charge on any atom is 0.174 e. The smallest absolute Gasteiger partial charge is 0.174 e. The molecular weight excluding hydrogens is 332 g/mol. The van der Waals surface area contributed by atoms with Crippen molar-refractivity contribution in [3.8, 4) is 17.2 Å². The largest absolute Gasteiger partial charge is 0.505 e. The lowest BCUT2D eigenvalue weighted by Crippen LogP contribution is -1.98. The van der Waals surface area contributed by atoms with Crippen LogP contribution in [0.4, 0.5) is 17.1 Å². The first kappa shape index (κ1) is 15.6. The fourth-order valence-corrected chi connectivity index (χ4v) is 2.47. The van der Waals surface area contributed by atoms with Gasteiger partial charge in [-0.15, -0.1) is 25.2 Å². The number of para-hydroxylation sites is 1. The molecule has 4 rings (SSSR count). The van der Waals surface area contributed by atoms with Crippen LogP contribution >= 0.6 is 0 Å². The van der Waals surface area contributed by atoms with Gasteiger partial charge in [0.2, 0.25) is 0 Å². The number of aromatic hydroxyl groups is 2. The van der Waals surface area contributed by atoms with Crippen molar-refractivity contribution >= 4 is 28.1 Å². The number of azo groups is 1. The summed E-state index contributed by atoms with van der Waals surface area (Å²) in [6, 6.07) is 17.1. The van der Waals surface area contributed by atoms with E-state index in [9.17, 15) is 10.2 Å². The van der Waals surface area contributed by atoms with Gasteiger partial charge in [0.1, 0.15) is 28.2 Å². The van der Waals surface area contributed by atoms with E-state index < -0.39 is 0 Å². The fraction of sp³-hybridized carbons (Fsp3) is 0. The Morgan fingerprint density at radius 3 is 2.15 bits per heavy atom. The molecule has 128 valence electrons. The van der Waals surface area contributed by atoms with Gasteiger partial charge in [-0.25, -0.2) is 0 Å². The molecule has 0 aliphatic rings. The molecule has 4 aromatic rings. The highest BCUT2D eigenvalue weighted by Crippen LogP contribution is 2.41. The van der Waals surface area contributed by atoms with Crippen LogP contribution in [0.25, 0.3) is 16.7 Å². The molecule has 0 amide bonds. The third-order valence-corrected chi connectivity index (χ3v) is 3.81. The summed E-state index contributed by atoms with van der Waals surface area (Å²) >= 11 is 0. The van der Waals surface area contributed by atoms with E-state index in [1.54, 1.807) is 24.3 Å². The molecule has 0 unspecified atom stereocenters. The van der Waals surface area contributed by atoms with Crippen molar-refractivity contribution in [3.63, 3.8) is 0 Å². The molecule has 8 nitrogen and oxygen atoms in total. The Labute approximate surface area is 147 Å². The normalized spacial score (nSPS) is 11.4. The average molecular weight is 346 g/mol. The highest BCUT2D eigenvalue weighted by Gasteiger charge is 2.16. The van der Waals surface area contributed by atoms with E-state index in [0.29, 0.717) is 22.4 Å². The molecule has 3 aromatic carbocycles. The van der Waals surface area contributed by atoms with Gasteiger partial charge < -0.3 is 15.9 Å². The van der Waals surface area contributed by atoms with Gasteiger partial charge in [-0.1, -0.05) is 24.3 Å². The summed E-state index contributed by atoms with van der Waals surface area (Å²) in [4.78, 5) is 1.29. The van der Waals surface area contributed by atoms with Crippen molar-refractivity contribution in [3.05, 3.63) is 60.7 Å². The topological polar surface area (TPSA) is 122 Å². The molecule has 8 heteroatoms. The van der Waals surface area contributed by atoms with Gasteiger partial charge in [-0.3, -0.25) is 0 Å². The zero-order valence-electron chi connectivity index (χ0n) is 13.5. The van der Waals surface area contributed by atoms with E-state index >= 15 is 0 Å². The number of phenolic OH excluding ortho intramolecular Hbond substituents is 2. The van der Waals surface area contributed by atoms with E-state index in [-0.39, 0.29) is 22.9 Å². The second-order valence-corrected chi connectivity index (χ2v) is 5.54. The van der Waals surface area contributed by atoms with Gasteiger partial charge in [0.05, 0.1) is 5.69 Å². The minimum atomic E-state index is -0.288. The van der Waals surface area contributed by atoms with Gasteiger partial charge >= 0.3 is 0 Å². The third-order valence-electron chi connectivity index (χ3n) is 3.81. The predicted octanol–water partition coefficient (Wildman–Crippen LogP) is 3.83. The molecule has 0 atom stereocenters. The van der Waals surface area contributed by atoms with Gasteiger partial charge in [0.15, 0.2) is 11.4 Å². The van der Waals surface area contributed by atoms with E-state index in [0.717, 1.165) is 0 Å². The molecule has 0 aliphatic heterocycles. The van der Waals surface area contributed by atoms with Crippen LogP contribution < -0.4 is 5.73 Å². The summed E-state index contributed by atoms with van der Waals surface area (Å²) in [5.74, 6) is -0.509. The van der Waals surface area contributed by atoms with E-state index in [2.05, 4.69) is 20.4 Å². The number of phenols is 2. The van der Waals surface area contributed by atoms with Crippen LogP contribution in [0.2, 0.25) is 0 Å². The number of nitrogens with zero attached hydrogens (tertiary/aromatic N) is 5. The van der Waals surface area contributed by atoms with E-state index in [1.165, 1.54) is 16.9 Å². The highest BCUT2D eigenvalue weighted by molar-refractivity contribution is 5.75. The zero-order valence-corrected chi connectivity index (χ0v) is 13.5. The van der Waals surface area contributed by atoms with Crippen LogP contribution in [-0.4, -0.2) is 25.2 Å². The SMILES string of the molecule is Nc1ccccc1N=Nc1c(O)ccc(-n2nc3ccccc3n2)c1O. The number of anilines is 1. The molecule has 0 fully saturated rings. The fourth-order valence-electron chi connectivity index (χ4n) is 2.47. The maximum absolute atomic E-state index is 10.5. The first-order valence-electron chi connectivity index (χ1n) is 7.77. The van der Waals surface area contributed by atoms with Crippen molar-refractivity contribution < 1.29 is 10.2 Å². The molecule has 1 heterocycles. The maximum atomic E-state index is 10.5. The number of nitrogens with two attached hydrogens (primary N) is 1. The van der Waals surface area contributed by atoms with Crippen molar-refractivity contribution in [2.75, 3.05) is 5.73 Å². The molecule has 26 heavy (non-hydrogen) atoms. The molecule has 0 radical (unpaired) electrons. The molecule has 0 saturated heterocycles. The quantitative estimate of drug-likeness (QED) is 0.384. The average Bonchev–Trinajstić information content (AvgIpc) is 3.06. The lowest BCUT2D eigenvalue weighted by Gasteiger charge is -2.07. The molecular formula is C18H14N6O2. The van der Waals surface area contributed by atoms with Gasteiger partial charge in [0, 0.05) is 0 Å². The Hall–Kier alpha value is -3.94. The van der Waals surface area contributed by atoms with Crippen molar-refractivity contribution in [1.82, 2.24) is 15.0 Å². The van der Waals surface area contributed by atoms with Crippen LogP contribution in [0.5, 0.6) is 11.5 Å². The predicted molar refractivity (Wildman–Crippen MR) is 97.2 cm³/mol. The number of benzene rings is 3. The molecule has 1 aromatic heterocycles. The van der Waals surface area contributed by atoms with Crippen LogP contribution in [0.3, 0.4) is 0 Å². The molecule has 0 spiro atoms. The number of hydrogen-bond donors (Lipinski definition) is 3. The molecule has 4 N–H and O–H groups in total. The van der Waals surface area contributed by atoms with Crippen LogP contribution in [0, 0.1) is 0 Å². The summed E-state index contributed by atoms with van der Waals surface area (Å²) in [6.07, 6.45) is 0. The van der Waals surface area contributed by atoms with E-state index in [1.807, 2.05) is 24.3 Å². The van der Waals surface area contributed by atoms with Crippen LogP contribution in [-0.2, 0) is 0 Å². The van der Waals surface area contributed by atoms with Crippen molar-refractivity contribution in [2.45, 2.75) is 0 Å². The number of fused-ring (bicyclic) bond motifs is 1. The Morgan fingerprint density at radius 1 is 0.808 bits per heavy atom. The van der Waals surface area contributed by atoms with Gasteiger partial charge in [0.25, 0.3) is 0 Å². The lowest BCUT2D eigenvalue weighted by atomic mass is 10.2. The summed E-state index contributed by atoms with van der Waals surface area (Å²) < 4.78 is 0. The Balaban J connectivity index is 1.79. The standard InChI is InChI=1S/C18H14N6O2/c19-11-5-1-2-6-12(11)20-21-17-16(25)10-9-15(18(17)26)24-22-13-7-3-4-8-14(13)23-24/h1-10,25-26H,19H2. The van der Waals surface area contributed by atoms with Crippen molar-refractivity contribution in [2.24, 2.45) is 10.2 Å². The zero-order chi connectivity index (χ0) is 18.1. The first-order chi connectivity index (χ1) is 12.6. The first-order valence-corrected chi connectivity index (χ1v) is 7.77. The summed E-state index contributed by atoms with van der Waals surface area (Å²) in [5, 5.41) is 37.2. The summed E-state index contributed by atoms with van der Waals surface area (Å²) in [5.41, 5.74) is 8.23. The van der Waals surface area contributed by atoms with E-state index in [4.69, 9.17) is 5.73 Å². The molecule has 0 bridgehead atoms. The van der Waals surface area contributed by atoms with Crippen molar-refractivity contribution in [1.29, 1.82) is 0 Å². The van der Waals surface area contributed by atoms with Crippen LogP contribution in [0.1, 0.15) is 0 Å². The third kappa shape index (κ3) is 2.69. The summed E-state index contributed by atoms with van der Waals surface area (Å²) in [6.45, 7) is 0. The second kappa shape index (κ2) is 6.17. The van der Waals surface area contributed by atoms with Gasteiger partial charge in [-0.2, -0.15) is 0 Å². The second-order valence-electron chi connectivity index (χ2n) is 5.54. The highest BCUT2D eigenvalue weighted by atomic mass is 16.3. The minimum Gasteiger partial charge on any atom is -0.505 e. The lowest BCUT2D eigenvalue weighted by molar-refractivity contribution is 0.448. The minimum absolute atomic E-state index is 0.0906. The Kier molecular flexibility index (Phi) is 3.70. The number of rotatable bonds is 3. The number of aromatic nitrogens is 3. The monoisotopic (exact) mass is 346 g/mol. The number of nitrogen functional groups attached to an aromatic ring is 1. The molecule has 0 aliphatic carbocycles. The summed E-state index contributed by atoms with van der Waals surface area (Å²) in [7, 11) is 0.